The Morgan fingerprint density at radius 1 is 1.09 bits per heavy atom. The average Bonchev–Trinajstić information content (AvgIpc) is 2.51. The zero-order chi connectivity index (χ0) is 15.9. The predicted molar refractivity (Wildman–Crippen MR) is 85.2 cm³/mol. The molecule has 3 rings (SSSR count). The zero-order valence-corrected chi connectivity index (χ0v) is 13.3. The van der Waals surface area contributed by atoms with Crippen molar-refractivity contribution in [2.45, 2.75) is 51.9 Å². The number of hydrogen-bond donors (Lipinski definition) is 0. The largest absolute Gasteiger partial charge is 0.387 e. The Kier molecular flexibility index (Phi) is 3.71. The van der Waals surface area contributed by atoms with Crippen LogP contribution in [0, 0.1) is 11.8 Å². The molecule has 0 N–H and O–H groups in total. The van der Waals surface area contributed by atoms with Crippen LogP contribution >= 0.6 is 0 Å². The summed E-state index contributed by atoms with van der Waals surface area (Å²) in [5.41, 5.74) is -0.310. The molecule has 1 fully saturated rings. The van der Waals surface area contributed by atoms with Crippen molar-refractivity contribution in [3.63, 3.8) is 0 Å². The molecule has 0 bridgehead atoms. The Balaban J connectivity index is 2.10. The van der Waals surface area contributed by atoms with Gasteiger partial charge in [0.1, 0.15) is 0 Å². The van der Waals surface area contributed by atoms with E-state index in [2.05, 4.69) is 29.9 Å². The Morgan fingerprint density at radius 2 is 1.73 bits per heavy atom. The third-order valence-corrected chi connectivity index (χ3v) is 5.41. The van der Waals surface area contributed by atoms with Gasteiger partial charge in [-0.3, -0.25) is 0 Å². The van der Waals surface area contributed by atoms with Gasteiger partial charge in [-0.15, -0.1) is 0 Å². The van der Waals surface area contributed by atoms with E-state index in [1.165, 1.54) is 0 Å². The van der Waals surface area contributed by atoms with E-state index in [-0.39, 0.29) is 5.41 Å². The van der Waals surface area contributed by atoms with Crippen LogP contribution in [0.1, 0.15) is 52.0 Å². The first kappa shape index (κ1) is 15.1. The quantitative estimate of drug-likeness (QED) is 0.791. The predicted octanol–water partition coefficient (Wildman–Crippen LogP) is 3.85. The number of fused-ring (bicyclic) bond motifs is 1. The van der Waals surface area contributed by atoms with Crippen LogP contribution in [0.4, 0.5) is 0 Å². The number of hydrogen-bond acceptors (Lipinski definition) is 4. The average molecular weight is 302 g/mol. The molecule has 0 amide bonds. The first-order valence-corrected chi connectivity index (χ1v) is 7.99. The fraction of sp³-hybridized carbons (Fsp3) is 0.556. The molecule has 1 aliphatic rings. The molecule has 4 heteroatoms. The molecule has 0 radical (unpaired) electrons. The van der Waals surface area contributed by atoms with Crippen molar-refractivity contribution >= 4 is 10.8 Å². The molecule has 4 nitrogen and oxygen atoms in total. The Hall–Kier alpha value is -1.84. The minimum Gasteiger partial charge on any atom is -0.241 e. The number of benzene rings is 1. The lowest BCUT2D eigenvalue weighted by Gasteiger charge is -2.39. The van der Waals surface area contributed by atoms with Gasteiger partial charge in [0.15, 0.2) is 0 Å². The molecular formula is C18H22O4. The van der Waals surface area contributed by atoms with Crippen LogP contribution in [-0.2, 0) is 5.41 Å². The van der Waals surface area contributed by atoms with Gasteiger partial charge in [0.05, 0.1) is 10.8 Å². The highest BCUT2D eigenvalue weighted by molar-refractivity contribution is 5.84. The summed E-state index contributed by atoms with van der Waals surface area (Å²) in [5, 5.41) is 0.713. The van der Waals surface area contributed by atoms with Gasteiger partial charge in [0, 0.05) is 0 Å². The summed E-state index contributed by atoms with van der Waals surface area (Å²) in [4.78, 5) is 23.9. The SMILES string of the molecule is CC(C)C1CCC(C)(c2cccc3c(=O)ooc(=O)c23)CC1. The molecule has 0 saturated heterocycles. The van der Waals surface area contributed by atoms with E-state index in [0.717, 1.165) is 37.2 Å². The van der Waals surface area contributed by atoms with E-state index in [0.29, 0.717) is 16.7 Å². The standard InChI is InChI=1S/C18H22O4/c1-11(2)12-7-9-18(3,10-8-12)14-6-4-5-13-15(14)17(20)22-21-16(13)19/h4-6,11-12H,7-10H2,1-3H3. The maximum absolute atomic E-state index is 12.1. The molecular weight excluding hydrogens is 280 g/mol. The molecule has 1 saturated carbocycles. The van der Waals surface area contributed by atoms with Gasteiger partial charge in [0.25, 0.3) is 0 Å². The summed E-state index contributed by atoms with van der Waals surface area (Å²) in [6.07, 6.45) is 4.35. The smallest absolute Gasteiger partial charge is 0.241 e. The molecule has 22 heavy (non-hydrogen) atoms. The second-order valence-electron chi connectivity index (χ2n) is 7.11. The highest BCUT2D eigenvalue weighted by Crippen LogP contribution is 2.44. The summed E-state index contributed by atoms with van der Waals surface area (Å²) in [5.74, 6) is 1.43. The molecule has 0 aliphatic heterocycles. The van der Waals surface area contributed by atoms with E-state index >= 15 is 0 Å². The van der Waals surface area contributed by atoms with Crippen LogP contribution in [0.2, 0.25) is 0 Å². The number of rotatable bonds is 2. The molecule has 0 unspecified atom stereocenters. The maximum Gasteiger partial charge on any atom is 0.387 e. The normalized spacial score (nSPS) is 25.7. The molecule has 1 heterocycles. The van der Waals surface area contributed by atoms with Gasteiger partial charge in [0.2, 0.25) is 0 Å². The van der Waals surface area contributed by atoms with Crippen molar-refractivity contribution in [1.82, 2.24) is 0 Å². The molecule has 1 aliphatic carbocycles. The molecule has 0 spiro atoms. The fourth-order valence-electron chi connectivity index (χ4n) is 3.82. The lowest BCUT2D eigenvalue weighted by molar-refractivity contribution is 0.0215. The van der Waals surface area contributed by atoms with Gasteiger partial charge in [-0.2, -0.15) is 0 Å². The lowest BCUT2D eigenvalue weighted by Crippen LogP contribution is -2.31. The van der Waals surface area contributed by atoms with E-state index in [1.807, 2.05) is 12.1 Å². The van der Waals surface area contributed by atoms with Crippen molar-refractivity contribution in [3.05, 3.63) is 44.6 Å². The zero-order valence-electron chi connectivity index (χ0n) is 13.3. The topological polar surface area (TPSA) is 60.4 Å². The van der Waals surface area contributed by atoms with Crippen LogP contribution in [-0.4, -0.2) is 0 Å². The Labute approximate surface area is 129 Å². The Morgan fingerprint density at radius 3 is 2.36 bits per heavy atom. The summed E-state index contributed by atoms with van der Waals surface area (Å²) < 4.78 is 9.02. The van der Waals surface area contributed by atoms with Crippen molar-refractivity contribution in [2.75, 3.05) is 0 Å². The van der Waals surface area contributed by atoms with E-state index < -0.39 is 11.3 Å². The fourth-order valence-corrected chi connectivity index (χ4v) is 3.82. The molecule has 0 atom stereocenters. The monoisotopic (exact) mass is 302 g/mol. The van der Waals surface area contributed by atoms with E-state index in [1.54, 1.807) is 6.07 Å². The van der Waals surface area contributed by atoms with Crippen LogP contribution in [0.3, 0.4) is 0 Å². The molecule has 1 aromatic carbocycles. The van der Waals surface area contributed by atoms with Gasteiger partial charge >= 0.3 is 11.3 Å². The van der Waals surface area contributed by atoms with Crippen LogP contribution in [0.15, 0.2) is 36.9 Å². The summed E-state index contributed by atoms with van der Waals surface area (Å²) in [7, 11) is 0. The molecule has 118 valence electrons. The first-order chi connectivity index (χ1) is 10.4. The third-order valence-electron chi connectivity index (χ3n) is 5.41. The van der Waals surface area contributed by atoms with Gasteiger partial charge in [-0.1, -0.05) is 32.9 Å². The minimum atomic E-state index is -0.587. The lowest BCUT2D eigenvalue weighted by atomic mass is 9.65. The maximum atomic E-state index is 12.1. The third kappa shape index (κ3) is 2.40. The first-order valence-electron chi connectivity index (χ1n) is 7.99. The van der Waals surface area contributed by atoms with E-state index in [9.17, 15) is 9.59 Å². The van der Waals surface area contributed by atoms with Crippen molar-refractivity contribution in [1.29, 1.82) is 0 Å². The van der Waals surface area contributed by atoms with Gasteiger partial charge in [-0.25, -0.2) is 18.7 Å². The van der Waals surface area contributed by atoms with Gasteiger partial charge in [-0.05, 0) is 54.6 Å². The highest BCUT2D eigenvalue weighted by Gasteiger charge is 2.35. The minimum absolute atomic E-state index is 0.0899. The Bertz CT molecular complexity index is 789. The van der Waals surface area contributed by atoms with Crippen molar-refractivity contribution in [2.24, 2.45) is 11.8 Å². The summed E-state index contributed by atoms with van der Waals surface area (Å²) in [6.45, 7) is 6.72. The van der Waals surface area contributed by atoms with Crippen molar-refractivity contribution < 1.29 is 9.15 Å². The second-order valence-corrected chi connectivity index (χ2v) is 7.11. The molecule has 2 aromatic rings. The molecule has 1 aromatic heterocycles. The van der Waals surface area contributed by atoms with Crippen LogP contribution in [0.25, 0.3) is 10.8 Å². The van der Waals surface area contributed by atoms with Crippen LogP contribution in [0.5, 0.6) is 0 Å². The second kappa shape index (κ2) is 5.41. The van der Waals surface area contributed by atoms with E-state index in [4.69, 9.17) is 0 Å². The summed E-state index contributed by atoms with van der Waals surface area (Å²) in [6, 6.07) is 5.41. The summed E-state index contributed by atoms with van der Waals surface area (Å²) >= 11 is 0. The van der Waals surface area contributed by atoms with Gasteiger partial charge < -0.3 is 0 Å². The highest BCUT2D eigenvalue weighted by atomic mass is 17.0. The van der Waals surface area contributed by atoms with Crippen molar-refractivity contribution in [3.8, 4) is 0 Å². The van der Waals surface area contributed by atoms with Crippen LogP contribution < -0.4 is 11.3 Å².